The minimum Gasteiger partial charge on any atom is -0.383 e. The van der Waals surface area contributed by atoms with Crippen molar-refractivity contribution in [2.45, 2.75) is 32.0 Å². The highest BCUT2D eigenvalue weighted by Crippen LogP contribution is 2.29. The zero-order chi connectivity index (χ0) is 15.5. The molecular formula is C17H24N2O3. The van der Waals surface area contributed by atoms with Crippen LogP contribution in [0.15, 0.2) is 18.2 Å². The SMILES string of the molecule is COCCNC(=O)c1cc(CN2C[C@@H]3C[C@H]2CO3)ccc1C. The van der Waals surface area contributed by atoms with E-state index in [4.69, 9.17) is 9.47 Å². The molecule has 1 aromatic rings. The number of hydrogen-bond donors (Lipinski definition) is 1. The number of amides is 1. The number of hydrogen-bond acceptors (Lipinski definition) is 4. The molecule has 0 radical (unpaired) electrons. The van der Waals surface area contributed by atoms with Gasteiger partial charge in [0, 0.05) is 38.3 Å². The number of nitrogens with zero attached hydrogens (tertiary/aromatic N) is 1. The Kier molecular flexibility index (Phi) is 4.76. The zero-order valence-electron chi connectivity index (χ0n) is 13.3. The third-order valence-electron chi connectivity index (χ3n) is 4.54. The normalized spacial score (nSPS) is 23.9. The lowest BCUT2D eigenvalue weighted by Gasteiger charge is -2.26. The van der Waals surface area contributed by atoms with Crippen LogP contribution in [0.5, 0.6) is 0 Å². The molecule has 5 heteroatoms. The number of likely N-dealkylation sites (tertiary alicyclic amines) is 1. The molecule has 0 spiro atoms. The standard InChI is InChI=1S/C17H24N2O3/c1-12-3-4-13(7-16(12)17(20)18-5-6-21-2)9-19-10-15-8-14(19)11-22-15/h3-4,7,14-15H,5-6,8-11H2,1-2H3,(H,18,20)/t14-,15-/m0/s1. The van der Waals surface area contributed by atoms with E-state index in [2.05, 4.69) is 16.3 Å². The molecule has 0 aliphatic carbocycles. The summed E-state index contributed by atoms with van der Waals surface area (Å²) in [6, 6.07) is 6.72. The van der Waals surface area contributed by atoms with Gasteiger partial charge in [-0.15, -0.1) is 0 Å². The maximum atomic E-state index is 12.3. The van der Waals surface area contributed by atoms with Crippen LogP contribution in [-0.2, 0) is 16.0 Å². The van der Waals surface area contributed by atoms with Gasteiger partial charge < -0.3 is 14.8 Å². The topological polar surface area (TPSA) is 50.8 Å². The third kappa shape index (κ3) is 3.32. The summed E-state index contributed by atoms with van der Waals surface area (Å²) in [4.78, 5) is 14.7. The van der Waals surface area contributed by atoms with E-state index in [0.717, 1.165) is 37.2 Å². The quantitative estimate of drug-likeness (QED) is 0.806. The van der Waals surface area contributed by atoms with Gasteiger partial charge in [0.15, 0.2) is 0 Å². The number of carbonyl (C=O) groups is 1. The maximum absolute atomic E-state index is 12.3. The van der Waals surface area contributed by atoms with Crippen LogP contribution in [0.2, 0.25) is 0 Å². The summed E-state index contributed by atoms with van der Waals surface area (Å²) in [5.41, 5.74) is 2.95. The summed E-state index contributed by atoms with van der Waals surface area (Å²) >= 11 is 0. The molecule has 22 heavy (non-hydrogen) atoms. The molecule has 2 heterocycles. The monoisotopic (exact) mass is 304 g/mol. The first kappa shape index (κ1) is 15.5. The molecule has 0 unspecified atom stereocenters. The second-order valence-electron chi connectivity index (χ2n) is 6.17. The Morgan fingerprint density at radius 2 is 2.36 bits per heavy atom. The first-order chi connectivity index (χ1) is 10.7. The summed E-state index contributed by atoms with van der Waals surface area (Å²) in [7, 11) is 1.63. The number of rotatable bonds is 6. The van der Waals surface area contributed by atoms with Crippen molar-refractivity contribution in [3.8, 4) is 0 Å². The number of aryl methyl sites for hydroxylation is 1. The highest BCUT2D eigenvalue weighted by Gasteiger charge is 2.38. The predicted octanol–water partition coefficient (Wildman–Crippen LogP) is 1.34. The molecule has 2 atom stereocenters. The lowest BCUT2D eigenvalue weighted by atomic mass is 10.0. The van der Waals surface area contributed by atoms with Crippen molar-refractivity contribution in [1.82, 2.24) is 10.2 Å². The Labute approximate surface area is 131 Å². The van der Waals surface area contributed by atoms with Crippen LogP contribution in [0.3, 0.4) is 0 Å². The molecule has 2 fully saturated rings. The van der Waals surface area contributed by atoms with Crippen LogP contribution in [-0.4, -0.2) is 56.4 Å². The van der Waals surface area contributed by atoms with Crippen LogP contribution >= 0.6 is 0 Å². The molecule has 0 saturated carbocycles. The fourth-order valence-electron chi connectivity index (χ4n) is 3.28. The zero-order valence-corrected chi connectivity index (χ0v) is 13.3. The number of methoxy groups -OCH3 is 1. The highest BCUT2D eigenvalue weighted by atomic mass is 16.5. The number of carbonyl (C=O) groups excluding carboxylic acids is 1. The Hall–Kier alpha value is -1.43. The van der Waals surface area contributed by atoms with Crippen LogP contribution in [0.1, 0.15) is 27.9 Å². The second-order valence-corrected chi connectivity index (χ2v) is 6.17. The van der Waals surface area contributed by atoms with Crippen LogP contribution in [0, 0.1) is 6.92 Å². The summed E-state index contributed by atoms with van der Waals surface area (Å²) in [6.45, 7) is 5.78. The number of benzene rings is 1. The molecule has 2 saturated heterocycles. The van der Waals surface area contributed by atoms with Gasteiger partial charge in [-0.25, -0.2) is 0 Å². The van der Waals surface area contributed by atoms with Gasteiger partial charge in [0.2, 0.25) is 0 Å². The number of ether oxygens (including phenoxy) is 2. The first-order valence-electron chi connectivity index (χ1n) is 7.89. The van der Waals surface area contributed by atoms with E-state index in [1.807, 2.05) is 19.1 Å². The molecule has 1 N–H and O–H groups in total. The minimum absolute atomic E-state index is 0.0253. The van der Waals surface area contributed by atoms with Crippen molar-refractivity contribution < 1.29 is 14.3 Å². The molecule has 1 aromatic carbocycles. The van der Waals surface area contributed by atoms with E-state index in [1.54, 1.807) is 7.11 Å². The van der Waals surface area contributed by atoms with Gasteiger partial charge in [-0.2, -0.15) is 0 Å². The summed E-state index contributed by atoms with van der Waals surface area (Å²) < 4.78 is 10.6. The molecule has 2 aliphatic rings. The summed E-state index contributed by atoms with van der Waals surface area (Å²) in [5, 5.41) is 2.89. The van der Waals surface area contributed by atoms with Crippen LogP contribution < -0.4 is 5.32 Å². The van der Waals surface area contributed by atoms with E-state index in [0.29, 0.717) is 25.3 Å². The van der Waals surface area contributed by atoms with Crippen molar-refractivity contribution >= 4 is 5.91 Å². The molecule has 2 bridgehead atoms. The molecule has 120 valence electrons. The summed E-state index contributed by atoms with van der Waals surface area (Å²) in [6.07, 6.45) is 1.56. The van der Waals surface area contributed by atoms with Gasteiger partial charge in [0.1, 0.15) is 0 Å². The van der Waals surface area contributed by atoms with E-state index in [1.165, 1.54) is 5.56 Å². The summed E-state index contributed by atoms with van der Waals surface area (Å²) in [5.74, 6) is -0.0253. The maximum Gasteiger partial charge on any atom is 0.251 e. The van der Waals surface area contributed by atoms with Gasteiger partial charge in [-0.05, 0) is 30.5 Å². The molecule has 1 amide bonds. The average molecular weight is 304 g/mol. The van der Waals surface area contributed by atoms with E-state index in [9.17, 15) is 4.79 Å². The fourth-order valence-corrected chi connectivity index (χ4v) is 3.28. The van der Waals surface area contributed by atoms with E-state index in [-0.39, 0.29) is 5.91 Å². The Morgan fingerprint density at radius 1 is 1.50 bits per heavy atom. The second kappa shape index (κ2) is 6.77. The largest absolute Gasteiger partial charge is 0.383 e. The Balaban J connectivity index is 1.65. The lowest BCUT2D eigenvalue weighted by Crippen LogP contribution is -2.36. The van der Waals surface area contributed by atoms with Crippen LogP contribution in [0.25, 0.3) is 0 Å². The number of morpholine rings is 1. The molecule has 0 aromatic heterocycles. The molecular weight excluding hydrogens is 280 g/mol. The predicted molar refractivity (Wildman–Crippen MR) is 83.9 cm³/mol. The van der Waals surface area contributed by atoms with Crippen molar-refractivity contribution in [1.29, 1.82) is 0 Å². The van der Waals surface area contributed by atoms with Gasteiger partial charge in [0.05, 0.1) is 19.3 Å². The molecule has 3 rings (SSSR count). The fraction of sp³-hybridized carbons (Fsp3) is 0.588. The van der Waals surface area contributed by atoms with Crippen molar-refractivity contribution in [3.63, 3.8) is 0 Å². The minimum atomic E-state index is -0.0253. The Morgan fingerprint density at radius 3 is 3.05 bits per heavy atom. The Bertz CT molecular complexity index is 547. The van der Waals surface area contributed by atoms with Gasteiger partial charge in [-0.1, -0.05) is 12.1 Å². The third-order valence-corrected chi connectivity index (χ3v) is 4.54. The highest BCUT2D eigenvalue weighted by molar-refractivity contribution is 5.95. The van der Waals surface area contributed by atoms with Gasteiger partial charge in [-0.3, -0.25) is 9.69 Å². The van der Waals surface area contributed by atoms with Gasteiger partial charge >= 0.3 is 0 Å². The average Bonchev–Trinajstić information content (AvgIpc) is 3.12. The number of fused-ring (bicyclic) bond motifs is 2. The smallest absolute Gasteiger partial charge is 0.251 e. The van der Waals surface area contributed by atoms with Crippen LogP contribution in [0.4, 0.5) is 0 Å². The van der Waals surface area contributed by atoms with Crippen molar-refractivity contribution in [3.05, 3.63) is 34.9 Å². The first-order valence-corrected chi connectivity index (χ1v) is 7.89. The number of nitrogens with one attached hydrogen (secondary N) is 1. The lowest BCUT2D eigenvalue weighted by molar-refractivity contribution is 0.0273. The van der Waals surface area contributed by atoms with E-state index >= 15 is 0 Å². The van der Waals surface area contributed by atoms with Gasteiger partial charge in [0.25, 0.3) is 5.91 Å². The molecule has 5 nitrogen and oxygen atoms in total. The molecule has 2 aliphatic heterocycles. The van der Waals surface area contributed by atoms with Crippen molar-refractivity contribution in [2.24, 2.45) is 0 Å². The van der Waals surface area contributed by atoms with Crippen molar-refractivity contribution in [2.75, 3.05) is 33.4 Å². The van der Waals surface area contributed by atoms with E-state index < -0.39 is 0 Å².